The molecule has 0 saturated heterocycles. The lowest BCUT2D eigenvalue weighted by molar-refractivity contribution is 0.0954. The Morgan fingerprint density at radius 3 is 2.29 bits per heavy atom. The van der Waals surface area contributed by atoms with Gasteiger partial charge in [0.05, 0.1) is 0 Å². The van der Waals surface area contributed by atoms with Crippen molar-refractivity contribution < 1.29 is 4.79 Å². The number of carbonyl (C=O) groups excluding carboxylic acids is 1. The zero-order valence-corrected chi connectivity index (χ0v) is 14.5. The van der Waals surface area contributed by atoms with Gasteiger partial charge in [-0.2, -0.15) is 5.10 Å². The summed E-state index contributed by atoms with van der Waals surface area (Å²) in [5, 5.41) is 4.30. The van der Waals surface area contributed by atoms with Crippen molar-refractivity contribution >= 4 is 27.5 Å². The number of hydrazone groups is 1. The highest BCUT2D eigenvalue weighted by Crippen LogP contribution is 2.36. The Labute approximate surface area is 135 Å². The van der Waals surface area contributed by atoms with Crippen molar-refractivity contribution in [1.82, 2.24) is 5.43 Å². The number of hydrogen-bond acceptors (Lipinski definition) is 2. The summed E-state index contributed by atoms with van der Waals surface area (Å²) in [5.74, 6) is 0.603. The van der Waals surface area contributed by atoms with Gasteiger partial charge in [-0.05, 0) is 61.3 Å². The smallest absolute Gasteiger partial charge is 0.267 e. The molecule has 1 amide bonds. The molecular formula is C17H23BrN2O. The fourth-order valence-electron chi connectivity index (χ4n) is 2.72. The van der Waals surface area contributed by atoms with E-state index in [4.69, 9.17) is 0 Å². The summed E-state index contributed by atoms with van der Waals surface area (Å²) in [4.78, 5) is 12.0. The highest BCUT2D eigenvalue weighted by molar-refractivity contribution is 9.10. The molecule has 2 rings (SSSR count). The predicted molar refractivity (Wildman–Crippen MR) is 90.5 cm³/mol. The van der Waals surface area contributed by atoms with Crippen molar-refractivity contribution in [3.8, 4) is 0 Å². The number of benzene rings is 1. The standard InChI is InChI=1S/C17H23BrN2O/c1-17(2,3)13-6-10-15(11-7-13)19-20-16(21)12-4-8-14(18)9-5-12/h4-5,8-9,13H,6-7,10-11H2,1-3H3,(H,20,21). The number of rotatable bonds is 2. The molecule has 4 heteroatoms. The lowest BCUT2D eigenvalue weighted by Gasteiger charge is -2.34. The van der Waals surface area contributed by atoms with Gasteiger partial charge >= 0.3 is 0 Å². The molecule has 0 heterocycles. The van der Waals surface area contributed by atoms with Crippen LogP contribution < -0.4 is 5.43 Å². The Morgan fingerprint density at radius 1 is 1.19 bits per heavy atom. The van der Waals surface area contributed by atoms with Crippen LogP contribution in [0.25, 0.3) is 0 Å². The van der Waals surface area contributed by atoms with E-state index in [2.05, 4.69) is 47.2 Å². The van der Waals surface area contributed by atoms with Crippen molar-refractivity contribution in [2.24, 2.45) is 16.4 Å². The fraction of sp³-hybridized carbons (Fsp3) is 0.529. The maximum absolute atomic E-state index is 12.0. The molecule has 0 spiro atoms. The van der Waals surface area contributed by atoms with Gasteiger partial charge in [0.1, 0.15) is 0 Å². The van der Waals surface area contributed by atoms with E-state index >= 15 is 0 Å². The summed E-state index contributed by atoms with van der Waals surface area (Å²) in [6.07, 6.45) is 4.30. The number of carbonyl (C=O) groups is 1. The molecule has 0 unspecified atom stereocenters. The minimum Gasteiger partial charge on any atom is -0.267 e. The van der Waals surface area contributed by atoms with Gasteiger partial charge < -0.3 is 0 Å². The van der Waals surface area contributed by atoms with Crippen molar-refractivity contribution in [3.05, 3.63) is 34.3 Å². The normalized spacial score (nSPS) is 19.2. The van der Waals surface area contributed by atoms with Gasteiger partial charge in [0.25, 0.3) is 5.91 Å². The topological polar surface area (TPSA) is 41.5 Å². The summed E-state index contributed by atoms with van der Waals surface area (Å²) in [6.45, 7) is 6.90. The highest BCUT2D eigenvalue weighted by Gasteiger charge is 2.28. The largest absolute Gasteiger partial charge is 0.271 e. The summed E-state index contributed by atoms with van der Waals surface area (Å²) >= 11 is 3.36. The van der Waals surface area contributed by atoms with E-state index in [0.717, 1.165) is 41.8 Å². The lowest BCUT2D eigenvalue weighted by Crippen LogP contribution is -2.27. The van der Waals surface area contributed by atoms with Crippen LogP contribution in [0.4, 0.5) is 0 Å². The molecule has 0 bridgehead atoms. The van der Waals surface area contributed by atoms with Crippen LogP contribution in [0, 0.1) is 11.3 Å². The van der Waals surface area contributed by atoms with E-state index in [1.165, 1.54) is 0 Å². The van der Waals surface area contributed by atoms with Crippen LogP contribution in [0.5, 0.6) is 0 Å². The first-order valence-corrected chi connectivity index (χ1v) is 8.27. The zero-order chi connectivity index (χ0) is 15.5. The molecule has 1 saturated carbocycles. The van der Waals surface area contributed by atoms with E-state index in [9.17, 15) is 4.79 Å². The fourth-order valence-corrected chi connectivity index (χ4v) is 2.99. The summed E-state index contributed by atoms with van der Waals surface area (Å²) in [5.41, 5.74) is 4.79. The first-order chi connectivity index (χ1) is 9.86. The Morgan fingerprint density at radius 2 is 1.76 bits per heavy atom. The summed E-state index contributed by atoms with van der Waals surface area (Å²) in [7, 11) is 0. The van der Waals surface area contributed by atoms with E-state index in [1.54, 1.807) is 12.1 Å². The first kappa shape index (κ1) is 16.2. The first-order valence-electron chi connectivity index (χ1n) is 7.47. The molecular weight excluding hydrogens is 328 g/mol. The molecule has 1 aliphatic carbocycles. The molecule has 1 aliphatic rings. The van der Waals surface area contributed by atoms with E-state index in [-0.39, 0.29) is 5.91 Å². The van der Waals surface area contributed by atoms with Crippen LogP contribution in [0.1, 0.15) is 56.8 Å². The Kier molecular flexibility index (Phi) is 5.20. The molecule has 0 atom stereocenters. The van der Waals surface area contributed by atoms with Gasteiger partial charge in [0.2, 0.25) is 0 Å². The number of nitrogens with one attached hydrogen (secondary N) is 1. The van der Waals surface area contributed by atoms with Crippen LogP contribution in [0.15, 0.2) is 33.8 Å². The highest BCUT2D eigenvalue weighted by atomic mass is 79.9. The minimum atomic E-state index is -0.145. The van der Waals surface area contributed by atoms with Crippen LogP contribution in [0.3, 0.4) is 0 Å². The number of nitrogens with zero attached hydrogens (tertiary/aromatic N) is 1. The van der Waals surface area contributed by atoms with Crippen LogP contribution in [-0.2, 0) is 0 Å². The average Bonchev–Trinajstić information content (AvgIpc) is 2.45. The Balaban J connectivity index is 1.88. The van der Waals surface area contributed by atoms with Gasteiger partial charge in [-0.3, -0.25) is 4.79 Å². The minimum absolute atomic E-state index is 0.145. The van der Waals surface area contributed by atoms with Gasteiger partial charge in [-0.1, -0.05) is 36.7 Å². The molecule has 1 aromatic carbocycles. The number of amides is 1. The van der Waals surface area contributed by atoms with Gasteiger partial charge in [-0.25, -0.2) is 5.43 Å². The predicted octanol–water partition coefficient (Wildman–Crippen LogP) is 4.77. The van der Waals surface area contributed by atoms with Crippen molar-refractivity contribution in [2.75, 3.05) is 0 Å². The van der Waals surface area contributed by atoms with E-state index < -0.39 is 0 Å². The summed E-state index contributed by atoms with van der Waals surface area (Å²) in [6, 6.07) is 7.29. The van der Waals surface area contributed by atoms with Crippen molar-refractivity contribution in [1.29, 1.82) is 0 Å². The molecule has 1 fully saturated rings. The third-order valence-corrected chi connectivity index (χ3v) is 4.74. The maximum Gasteiger partial charge on any atom is 0.271 e. The molecule has 0 radical (unpaired) electrons. The van der Waals surface area contributed by atoms with Crippen LogP contribution >= 0.6 is 15.9 Å². The van der Waals surface area contributed by atoms with Gasteiger partial charge in [0, 0.05) is 15.7 Å². The second-order valence-corrected chi connectivity index (χ2v) is 7.68. The molecule has 0 aliphatic heterocycles. The second-order valence-electron chi connectivity index (χ2n) is 6.77. The monoisotopic (exact) mass is 350 g/mol. The quantitative estimate of drug-likeness (QED) is 0.766. The van der Waals surface area contributed by atoms with Gasteiger partial charge in [0.15, 0.2) is 0 Å². The maximum atomic E-state index is 12.0. The van der Waals surface area contributed by atoms with E-state index in [1.807, 2.05) is 12.1 Å². The third-order valence-electron chi connectivity index (χ3n) is 4.21. The van der Waals surface area contributed by atoms with Gasteiger partial charge in [-0.15, -0.1) is 0 Å². The SMILES string of the molecule is CC(C)(C)C1CCC(=NNC(=O)c2ccc(Br)cc2)CC1. The third kappa shape index (κ3) is 4.67. The average molecular weight is 351 g/mol. The van der Waals surface area contributed by atoms with Crippen molar-refractivity contribution in [3.63, 3.8) is 0 Å². The number of hydrogen-bond donors (Lipinski definition) is 1. The van der Waals surface area contributed by atoms with Crippen LogP contribution in [-0.4, -0.2) is 11.6 Å². The molecule has 114 valence electrons. The van der Waals surface area contributed by atoms with E-state index in [0.29, 0.717) is 11.0 Å². The number of halogens is 1. The molecule has 3 nitrogen and oxygen atoms in total. The molecule has 0 aromatic heterocycles. The molecule has 1 N–H and O–H groups in total. The van der Waals surface area contributed by atoms with Crippen LogP contribution in [0.2, 0.25) is 0 Å². The lowest BCUT2D eigenvalue weighted by atomic mass is 9.72. The second kappa shape index (κ2) is 6.73. The summed E-state index contributed by atoms with van der Waals surface area (Å²) < 4.78 is 0.964. The zero-order valence-electron chi connectivity index (χ0n) is 12.9. The molecule has 21 heavy (non-hydrogen) atoms. The Bertz CT molecular complexity index is 519. The molecule has 1 aromatic rings. The Hall–Kier alpha value is -1.16. The van der Waals surface area contributed by atoms with Crippen molar-refractivity contribution in [2.45, 2.75) is 46.5 Å².